The van der Waals surface area contributed by atoms with Crippen LogP contribution >= 0.6 is 0 Å². The zero-order valence-electron chi connectivity index (χ0n) is 24.7. The molecule has 1 aliphatic heterocycles. The van der Waals surface area contributed by atoms with E-state index in [0.29, 0.717) is 0 Å². The first kappa shape index (κ1) is 33.0. The van der Waals surface area contributed by atoms with Gasteiger partial charge in [0.25, 0.3) is 0 Å². The summed E-state index contributed by atoms with van der Waals surface area (Å²) in [6.07, 6.45) is 44.5. The van der Waals surface area contributed by atoms with Gasteiger partial charge in [-0.05, 0) is 31.8 Å². The van der Waals surface area contributed by atoms with Crippen LogP contribution in [0.5, 0.6) is 0 Å². The summed E-state index contributed by atoms with van der Waals surface area (Å²) in [4.78, 5) is 0. The first-order valence-electron chi connectivity index (χ1n) is 17.1. The number of rotatable bonds is 28. The highest BCUT2D eigenvalue weighted by Crippen LogP contribution is 2.20. The molecule has 1 fully saturated rings. The molecular weight excluding hydrogens is 422 g/mol. The van der Waals surface area contributed by atoms with Gasteiger partial charge >= 0.3 is 0 Å². The Morgan fingerprint density at radius 1 is 0.371 bits per heavy atom. The topological polar surface area (TPSA) is 12.0 Å². The van der Waals surface area contributed by atoms with Crippen LogP contribution in [-0.4, -0.2) is 13.1 Å². The lowest BCUT2D eigenvalue weighted by atomic mass is 9.92. The fourth-order valence-electron chi connectivity index (χ4n) is 6.10. The minimum Gasteiger partial charge on any atom is -0.317 e. The lowest BCUT2D eigenvalue weighted by molar-refractivity contribution is 0.342. The van der Waals surface area contributed by atoms with Crippen molar-refractivity contribution < 1.29 is 0 Å². The molecule has 0 aromatic rings. The third-order valence-corrected chi connectivity index (χ3v) is 8.67. The minimum absolute atomic E-state index is 1.04. The molecule has 0 aromatic carbocycles. The fourth-order valence-corrected chi connectivity index (χ4v) is 6.10. The quantitative estimate of drug-likeness (QED) is 0.107. The zero-order chi connectivity index (χ0) is 24.9. The Morgan fingerprint density at radius 2 is 0.629 bits per heavy atom. The van der Waals surface area contributed by atoms with E-state index >= 15 is 0 Å². The number of nitrogens with one attached hydrogen (secondary N) is 1. The highest BCUT2D eigenvalue weighted by molar-refractivity contribution is 4.68. The summed E-state index contributed by atoms with van der Waals surface area (Å²) in [7, 11) is 0. The van der Waals surface area contributed by atoms with E-state index in [9.17, 15) is 0 Å². The van der Waals surface area contributed by atoms with Crippen LogP contribution in [0.15, 0.2) is 0 Å². The number of hydrogen-bond donors (Lipinski definition) is 1. The Bertz CT molecular complexity index is 373. The van der Waals surface area contributed by atoms with Crippen molar-refractivity contribution in [2.75, 3.05) is 13.1 Å². The second-order valence-corrected chi connectivity index (χ2v) is 12.2. The normalized spacial score (nSPS) is 14.7. The third kappa shape index (κ3) is 25.4. The predicted octanol–water partition coefficient (Wildman–Crippen LogP) is 11.9. The Labute approximate surface area is 223 Å². The molecule has 1 aliphatic rings. The van der Waals surface area contributed by atoms with Crippen LogP contribution < -0.4 is 5.32 Å². The van der Waals surface area contributed by atoms with Gasteiger partial charge in [-0.1, -0.05) is 187 Å². The van der Waals surface area contributed by atoms with E-state index in [1.54, 1.807) is 0 Å². The van der Waals surface area contributed by atoms with E-state index in [1.807, 2.05) is 0 Å². The maximum Gasteiger partial charge on any atom is -0.00463 e. The van der Waals surface area contributed by atoms with Crippen molar-refractivity contribution in [3.8, 4) is 0 Å². The second-order valence-electron chi connectivity index (χ2n) is 12.2. The van der Waals surface area contributed by atoms with Gasteiger partial charge in [0.15, 0.2) is 0 Å². The molecule has 1 heteroatoms. The second kappa shape index (κ2) is 28.5. The third-order valence-electron chi connectivity index (χ3n) is 8.67. The van der Waals surface area contributed by atoms with Gasteiger partial charge in [-0.15, -0.1) is 0 Å². The lowest BCUT2D eigenvalue weighted by Gasteiger charge is -2.22. The highest BCUT2D eigenvalue weighted by atomic mass is 14.9. The first-order chi connectivity index (χ1) is 17.4. The summed E-state index contributed by atoms with van der Waals surface area (Å²) in [6.45, 7) is 4.84. The summed E-state index contributed by atoms with van der Waals surface area (Å²) in [6, 6.07) is 0. The molecule has 0 unspecified atom stereocenters. The molecule has 1 rings (SSSR count). The van der Waals surface area contributed by atoms with Gasteiger partial charge in [0, 0.05) is 0 Å². The van der Waals surface area contributed by atoms with Gasteiger partial charge in [0.05, 0.1) is 0 Å². The SMILES string of the molecule is CCCCCCCCCCCCCCCCCCCCCCCCCCCCCC1CCNCC1. The molecule has 1 nitrogen and oxygen atoms in total. The molecule has 0 amide bonds. The van der Waals surface area contributed by atoms with Gasteiger partial charge in [-0.25, -0.2) is 0 Å². The Hall–Kier alpha value is -0.0400. The predicted molar refractivity (Wildman–Crippen MR) is 161 cm³/mol. The minimum atomic E-state index is 1.04. The average molecular weight is 492 g/mol. The summed E-state index contributed by atoms with van der Waals surface area (Å²) < 4.78 is 0. The van der Waals surface area contributed by atoms with Crippen molar-refractivity contribution in [3.05, 3.63) is 0 Å². The standard InChI is InChI=1S/C34H69N/c1-2-3-4-5-6-7-8-9-10-11-12-13-14-15-16-17-18-19-20-21-22-23-24-25-26-27-28-29-34-30-32-35-33-31-34/h34-35H,2-33H2,1H3. The number of piperidine rings is 1. The Kier molecular flexibility index (Phi) is 26.9. The molecule has 0 spiro atoms. The smallest absolute Gasteiger partial charge is 0.00463 e. The number of hydrogen-bond acceptors (Lipinski definition) is 1. The van der Waals surface area contributed by atoms with Crippen LogP contribution in [0.3, 0.4) is 0 Å². The molecule has 210 valence electrons. The largest absolute Gasteiger partial charge is 0.317 e. The zero-order valence-corrected chi connectivity index (χ0v) is 24.7. The van der Waals surface area contributed by atoms with Crippen molar-refractivity contribution in [1.29, 1.82) is 0 Å². The Morgan fingerprint density at radius 3 is 0.914 bits per heavy atom. The molecule has 0 aromatic heterocycles. The van der Waals surface area contributed by atoms with Gasteiger partial charge in [-0.3, -0.25) is 0 Å². The molecular formula is C34H69N. The molecule has 1 N–H and O–H groups in total. The maximum atomic E-state index is 3.49. The van der Waals surface area contributed by atoms with Gasteiger partial charge in [-0.2, -0.15) is 0 Å². The highest BCUT2D eigenvalue weighted by Gasteiger charge is 2.11. The van der Waals surface area contributed by atoms with Crippen molar-refractivity contribution in [3.63, 3.8) is 0 Å². The fraction of sp³-hybridized carbons (Fsp3) is 1.00. The Balaban J connectivity index is 1.61. The maximum absolute atomic E-state index is 3.49. The number of unbranched alkanes of at least 4 members (excludes halogenated alkanes) is 26. The summed E-state index contributed by atoms with van der Waals surface area (Å²) in [5, 5.41) is 3.49. The van der Waals surface area contributed by atoms with Crippen LogP contribution in [0.1, 0.15) is 200 Å². The monoisotopic (exact) mass is 492 g/mol. The van der Waals surface area contributed by atoms with E-state index in [-0.39, 0.29) is 0 Å². The van der Waals surface area contributed by atoms with Crippen LogP contribution in [0.2, 0.25) is 0 Å². The summed E-state index contributed by atoms with van der Waals surface area (Å²) in [5.41, 5.74) is 0. The molecule has 1 heterocycles. The molecule has 0 radical (unpaired) electrons. The van der Waals surface area contributed by atoms with E-state index in [0.717, 1.165) is 5.92 Å². The van der Waals surface area contributed by atoms with Crippen LogP contribution in [0.25, 0.3) is 0 Å². The van der Waals surface area contributed by atoms with Crippen molar-refractivity contribution in [1.82, 2.24) is 5.32 Å². The lowest BCUT2D eigenvalue weighted by Crippen LogP contribution is -2.27. The van der Waals surface area contributed by atoms with Crippen molar-refractivity contribution in [2.24, 2.45) is 5.92 Å². The van der Waals surface area contributed by atoms with Crippen molar-refractivity contribution in [2.45, 2.75) is 200 Å². The van der Waals surface area contributed by atoms with Crippen LogP contribution in [0.4, 0.5) is 0 Å². The van der Waals surface area contributed by atoms with Gasteiger partial charge in [0.2, 0.25) is 0 Å². The van der Waals surface area contributed by atoms with Crippen LogP contribution in [-0.2, 0) is 0 Å². The molecule has 0 atom stereocenters. The summed E-state index contributed by atoms with van der Waals surface area (Å²) >= 11 is 0. The van der Waals surface area contributed by atoms with Crippen molar-refractivity contribution >= 4 is 0 Å². The first-order valence-corrected chi connectivity index (χ1v) is 17.1. The molecule has 0 saturated carbocycles. The molecule has 0 aliphatic carbocycles. The molecule has 0 bridgehead atoms. The average Bonchev–Trinajstić information content (AvgIpc) is 2.89. The summed E-state index contributed by atoms with van der Waals surface area (Å²) in [5.74, 6) is 1.04. The van der Waals surface area contributed by atoms with E-state index in [4.69, 9.17) is 0 Å². The van der Waals surface area contributed by atoms with E-state index in [2.05, 4.69) is 12.2 Å². The van der Waals surface area contributed by atoms with Gasteiger partial charge in [0.1, 0.15) is 0 Å². The van der Waals surface area contributed by atoms with E-state index < -0.39 is 0 Å². The molecule has 1 saturated heterocycles. The van der Waals surface area contributed by atoms with Gasteiger partial charge < -0.3 is 5.32 Å². The molecule has 35 heavy (non-hydrogen) atoms. The van der Waals surface area contributed by atoms with Crippen LogP contribution in [0, 0.1) is 5.92 Å². The van der Waals surface area contributed by atoms with E-state index in [1.165, 1.54) is 206 Å².